The Balaban J connectivity index is 2.14. The lowest BCUT2D eigenvalue weighted by atomic mass is 10.2. The third kappa shape index (κ3) is 6.09. The van der Waals surface area contributed by atoms with Gasteiger partial charge in [-0.15, -0.1) is 13.2 Å². The molecule has 1 N–H and O–H groups in total. The first-order chi connectivity index (χ1) is 7.47. The summed E-state index contributed by atoms with van der Waals surface area (Å²) in [5, 5.41) is 2.85. The van der Waals surface area contributed by atoms with Crippen LogP contribution in [0.4, 0.5) is 13.2 Å². The van der Waals surface area contributed by atoms with Crippen molar-refractivity contribution in [1.29, 1.82) is 0 Å². The van der Waals surface area contributed by atoms with Crippen molar-refractivity contribution in [2.75, 3.05) is 13.2 Å². The van der Waals surface area contributed by atoms with E-state index in [4.69, 9.17) is 0 Å². The first kappa shape index (κ1) is 13.5. The van der Waals surface area contributed by atoms with Crippen molar-refractivity contribution >= 4 is 15.9 Å². The molecule has 1 aromatic carbocycles. The van der Waals surface area contributed by atoms with Crippen LogP contribution in [-0.4, -0.2) is 19.5 Å². The van der Waals surface area contributed by atoms with E-state index < -0.39 is 6.36 Å². The second-order valence-electron chi connectivity index (χ2n) is 3.10. The van der Waals surface area contributed by atoms with Crippen LogP contribution in [0.15, 0.2) is 28.7 Å². The molecule has 0 fully saturated rings. The van der Waals surface area contributed by atoms with Crippen molar-refractivity contribution in [3.8, 4) is 0 Å². The van der Waals surface area contributed by atoms with Crippen LogP contribution in [0.25, 0.3) is 0 Å². The molecule has 0 aliphatic heterocycles. The van der Waals surface area contributed by atoms with Gasteiger partial charge in [-0.25, -0.2) is 0 Å². The number of rotatable bonds is 5. The molecule has 0 heterocycles. The highest BCUT2D eigenvalue weighted by Crippen LogP contribution is 2.15. The SMILES string of the molecule is FC(F)(F)OCCNCc1ccc(Br)cc1. The maximum atomic E-state index is 11.6. The Labute approximate surface area is 99.9 Å². The van der Waals surface area contributed by atoms with Gasteiger partial charge in [0.25, 0.3) is 0 Å². The van der Waals surface area contributed by atoms with Crippen LogP contribution in [0.5, 0.6) is 0 Å². The van der Waals surface area contributed by atoms with Gasteiger partial charge in [-0.2, -0.15) is 0 Å². The molecule has 90 valence electrons. The number of alkyl halides is 3. The quantitative estimate of drug-likeness (QED) is 0.844. The number of hydrogen-bond donors (Lipinski definition) is 1. The molecule has 0 unspecified atom stereocenters. The molecule has 0 aliphatic rings. The highest BCUT2D eigenvalue weighted by Gasteiger charge is 2.28. The van der Waals surface area contributed by atoms with Crippen LogP contribution >= 0.6 is 15.9 Å². The molecule has 0 spiro atoms. The van der Waals surface area contributed by atoms with Gasteiger partial charge in [-0.05, 0) is 17.7 Å². The van der Waals surface area contributed by atoms with Crippen molar-refractivity contribution in [2.45, 2.75) is 12.9 Å². The van der Waals surface area contributed by atoms with Crippen LogP contribution < -0.4 is 5.32 Å². The topological polar surface area (TPSA) is 21.3 Å². The summed E-state index contributed by atoms with van der Waals surface area (Å²) in [5.74, 6) is 0. The Bertz CT molecular complexity index is 313. The average Bonchev–Trinajstić information content (AvgIpc) is 2.19. The molecule has 0 aliphatic carbocycles. The molecule has 0 bridgehead atoms. The minimum Gasteiger partial charge on any atom is -0.310 e. The summed E-state index contributed by atoms with van der Waals surface area (Å²) in [4.78, 5) is 0. The fraction of sp³-hybridized carbons (Fsp3) is 0.400. The van der Waals surface area contributed by atoms with Crippen molar-refractivity contribution in [3.05, 3.63) is 34.3 Å². The zero-order valence-electron chi connectivity index (χ0n) is 8.35. The molecular weight excluding hydrogens is 287 g/mol. The van der Waals surface area contributed by atoms with Crippen molar-refractivity contribution < 1.29 is 17.9 Å². The first-order valence-electron chi connectivity index (χ1n) is 4.63. The highest BCUT2D eigenvalue weighted by molar-refractivity contribution is 9.10. The van der Waals surface area contributed by atoms with Gasteiger partial charge in [-0.3, -0.25) is 4.74 Å². The summed E-state index contributed by atoms with van der Waals surface area (Å²) < 4.78 is 39.4. The fourth-order valence-corrected chi connectivity index (χ4v) is 1.34. The Hall–Kier alpha value is -0.590. The van der Waals surface area contributed by atoms with Gasteiger partial charge < -0.3 is 5.32 Å². The smallest absolute Gasteiger partial charge is 0.310 e. The Kier molecular flexibility index (Phi) is 5.24. The maximum absolute atomic E-state index is 11.6. The third-order valence-corrected chi connectivity index (χ3v) is 2.32. The van der Waals surface area contributed by atoms with Gasteiger partial charge in [0.2, 0.25) is 0 Å². The van der Waals surface area contributed by atoms with E-state index in [-0.39, 0.29) is 13.2 Å². The molecule has 6 heteroatoms. The number of benzene rings is 1. The van der Waals surface area contributed by atoms with E-state index in [1.165, 1.54) is 0 Å². The van der Waals surface area contributed by atoms with Crippen LogP contribution in [0, 0.1) is 0 Å². The molecule has 0 aromatic heterocycles. The largest absolute Gasteiger partial charge is 0.522 e. The summed E-state index contributed by atoms with van der Waals surface area (Å²) in [6.07, 6.45) is -4.54. The van der Waals surface area contributed by atoms with E-state index in [9.17, 15) is 13.2 Å². The maximum Gasteiger partial charge on any atom is 0.522 e. The average molecular weight is 298 g/mol. The van der Waals surface area contributed by atoms with E-state index in [1.54, 1.807) is 0 Å². The van der Waals surface area contributed by atoms with Crippen molar-refractivity contribution in [3.63, 3.8) is 0 Å². The lowest BCUT2D eigenvalue weighted by Crippen LogP contribution is -2.23. The highest BCUT2D eigenvalue weighted by atomic mass is 79.9. The van der Waals surface area contributed by atoms with Gasteiger partial charge in [0.15, 0.2) is 0 Å². The summed E-state index contributed by atoms with van der Waals surface area (Å²) in [5.41, 5.74) is 1.01. The lowest BCUT2D eigenvalue weighted by molar-refractivity contribution is -0.323. The third-order valence-electron chi connectivity index (χ3n) is 1.79. The van der Waals surface area contributed by atoms with Gasteiger partial charge >= 0.3 is 6.36 Å². The Morgan fingerprint density at radius 3 is 2.38 bits per heavy atom. The monoisotopic (exact) mass is 297 g/mol. The minimum atomic E-state index is -4.54. The molecule has 1 rings (SSSR count). The van der Waals surface area contributed by atoms with Crippen LogP contribution in [0.3, 0.4) is 0 Å². The van der Waals surface area contributed by atoms with Crippen molar-refractivity contribution in [1.82, 2.24) is 5.32 Å². The summed E-state index contributed by atoms with van der Waals surface area (Å²) >= 11 is 3.29. The number of ether oxygens (including phenoxy) is 1. The van der Waals surface area contributed by atoms with E-state index in [1.807, 2.05) is 24.3 Å². The Morgan fingerprint density at radius 2 is 1.81 bits per heavy atom. The first-order valence-corrected chi connectivity index (χ1v) is 5.42. The van der Waals surface area contributed by atoms with Gasteiger partial charge in [0.05, 0.1) is 6.61 Å². The van der Waals surface area contributed by atoms with Crippen molar-refractivity contribution in [2.24, 2.45) is 0 Å². The number of halogens is 4. The normalized spacial score (nSPS) is 11.8. The van der Waals surface area contributed by atoms with Gasteiger partial charge in [0, 0.05) is 17.6 Å². The van der Waals surface area contributed by atoms with E-state index >= 15 is 0 Å². The van der Waals surface area contributed by atoms with Crippen LogP contribution in [0.1, 0.15) is 5.56 Å². The molecule has 0 saturated carbocycles. The molecule has 1 aromatic rings. The molecule has 0 atom stereocenters. The molecule has 0 saturated heterocycles. The minimum absolute atomic E-state index is 0.162. The molecule has 2 nitrogen and oxygen atoms in total. The van der Waals surface area contributed by atoms with Crippen LogP contribution in [0.2, 0.25) is 0 Å². The van der Waals surface area contributed by atoms with E-state index in [2.05, 4.69) is 26.0 Å². The van der Waals surface area contributed by atoms with E-state index in [0.717, 1.165) is 10.0 Å². The zero-order chi connectivity index (χ0) is 12.0. The molecule has 0 radical (unpaired) electrons. The second kappa shape index (κ2) is 6.22. The fourth-order valence-electron chi connectivity index (χ4n) is 1.07. The van der Waals surface area contributed by atoms with E-state index in [0.29, 0.717) is 6.54 Å². The van der Waals surface area contributed by atoms with Crippen LogP contribution in [-0.2, 0) is 11.3 Å². The number of nitrogens with one attached hydrogen (secondary N) is 1. The second-order valence-corrected chi connectivity index (χ2v) is 4.01. The zero-order valence-corrected chi connectivity index (χ0v) is 9.94. The van der Waals surface area contributed by atoms with Gasteiger partial charge in [-0.1, -0.05) is 28.1 Å². The standard InChI is InChI=1S/C10H11BrF3NO/c11-9-3-1-8(2-4-9)7-15-5-6-16-10(12,13)14/h1-4,15H,5-7H2. The summed E-state index contributed by atoms with van der Waals surface area (Å²) in [6.45, 7) is 0.310. The molecular formula is C10H11BrF3NO. The summed E-state index contributed by atoms with van der Waals surface area (Å²) in [6, 6.07) is 7.54. The predicted octanol–water partition coefficient (Wildman–Crippen LogP) is 3.08. The molecule has 0 amide bonds. The summed E-state index contributed by atoms with van der Waals surface area (Å²) in [7, 11) is 0. The number of hydrogen-bond acceptors (Lipinski definition) is 2. The Morgan fingerprint density at radius 1 is 1.19 bits per heavy atom. The molecule has 16 heavy (non-hydrogen) atoms. The van der Waals surface area contributed by atoms with Gasteiger partial charge in [0.1, 0.15) is 0 Å². The predicted molar refractivity (Wildman–Crippen MR) is 57.9 cm³/mol. The lowest BCUT2D eigenvalue weighted by Gasteiger charge is -2.08.